The fourth-order valence-electron chi connectivity index (χ4n) is 8.71. The number of terminal acetylenes is 2. The SMILES string of the molecule is C#C.C#CCCO.C[C@@H]1CC[C@@H](COc2ccc(F)cc2)O1.C[C@@H]1CC[C@@H](COc2ccc(F)cc2)O1.C[C@H](CC/C=C/CO)COc1ccc(F)cc1.C[C@H](CC[C@@H]1O[C@H]1CCl)COc1ccc(F)cc1.C[C@H](CC[C@@H]1O[C@H]1CO)COc1ccc(F)cc1. The van der Waals surface area contributed by atoms with Crippen LogP contribution in [0.1, 0.15) is 105 Å². The molecule has 4 heterocycles. The number of rotatable bonds is 28. The van der Waals surface area contributed by atoms with E-state index >= 15 is 0 Å². The third-order valence-corrected chi connectivity index (χ3v) is 14.4. The monoisotopic (exact) mass is 1280 g/mol. The lowest BCUT2D eigenvalue weighted by atomic mass is 10.0. The summed E-state index contributed by atoms with van der Waals surface area (Å²) in [5, 5.41) is 25.3. The van der Waals surface area contributed by atoms with Gasteiger partial charge in [-0.3, -0.25) is 0 Å². The summed E-state index contributed by atoms with van der Waals surface area (Å²) in [6, 6.07) is 30.3. The predicted molar refractivity (Wildman–Crippen MR) is 344 cm³/mol. The van der Waals surface area contributed by atoms with Gasteiger partial charge in [0, 0.05) is 6.42 Å². The van der Waals surface area contributed by atoms with Crippen molar-refractivity contribution in [2.45, 2.75) is 154 Å². The molecule has 4 saturated heterocycles. The molecule has 4 aliphatic rings. The Bertz CT molecular complexity index is 2540. The Balaban J connectivity index is 0.000000287. The van der Waals surface area contributed by atoms with Crippen molar-refractivity contribution in [3.05, 3.63) is 163 Å². The quantitative estimate of drug-likeness (QED) is 0.0144. The third-order valence-electron chi connectivity index (χ3n) is 14.1. The first-order valence-electron chi connectivity index (χ1n) is 30.8. The molecule has 0 radical (unpaired) electrons. The molecule has 0 saturated carbocycles. The van der Waals surface area contributed by atoms with Crippen LogP contribution in [-0.4, -0.2) is 123 Å². The minimum absolute atomic E-state index is 0.0511. The summed E-state index contributed by atoms with van der Waals surface area (Å²) in [5.74, 6) is 6.42. The van der Waals surface area contributed by atoms with Crippen LogP contribution in [-0.2, 0) is 18.9 Å². The van der Waals surface area contributed by atoms with Crippen LogP contribution < -0.4 is 23.7 Å². The van der Waals surface area contributed by atoms with Crippen LogP contribution in [0.15, 0.2) is 133 Å². The highest BCUT2D eigenvalue weighted by Gasteiger charge is 2.38. The van der Waals surface area contributed by atoms with Crippen LogP contribution in [0.5, 0.6) is 28.7 Å². The molecule has 0 amide bonds. The molecule has 5 aromatic rings. The van der Waals surface area contributed by atoms with Crippen molar-refractivity contribution < 1.29 is 79.9 Å². The van der Waals surface area contributed by atoms with E-state index in [2.05, 4.69) is 53.4 Å². The smallest absolute Gasteiger partial charge is 0.123 e. The molecule has 0 aromatic heterocycles. The zero-order chi connectivity index (χ0) is 65.9. The van der Waals surface area contributed by atoms with Gasteiger partial charge in [0.05, 0.1) is 88.2 Å². The van der Waals surface area contributed by atoms with Crippen LogP contribution in [0, 0.1) is 72.0 Å². The lowest BCUT2D eigenvalue weighted by molar-refractivity contribution is 0.0263. The number of benzene rings is 5. The molecule has 4 aliphatic heterocycles. The van der Waals surface area contributed by atoms with E-state index in [0.717, 1.165) is 64.2 Å². The normalized spacial score (nSPS) is 20.8. The number of hydrogen-bond donors (Lipinski definition) is 3. The molecule has 0 spiro atoms. The van der Waals surface area contributed by atoms with Crippen molar-refractivity contribution in [2.75, 3.05) is 58.7 Å². The average molecular weight is 1280 g/mol. The van der Waals surface area contributed by atoms with Crippen molar-refractivity contribution in [3.63, 3.8) is 0 Å². The molecule has 4 fully saturated rings. The molecular weight excluding hydrogens is 1190 g/mol. The summed E-state index contributed by atoms with van der Waals surface area (Å²) < 4.78 is 113. The number of aliphatic hydroxyl groups excluding tert-OH is 3. The summed E-state index contributed by atoms with van der Waals surface area (Å²) in [5.41, 5.74) is 0. The molecule has 496 valence electrons. The molecule has 0 bridgehead atoms. The van der Waals surface area contributed by atoms with Crippen molar-refractivity contribution in [1.29, 1.82) is 0 Å². The molecule has 18 heteroatoms. The van der Waals surface area contributed by atoms with E-state index in [1.165, 1.54) is 60.7 Å². The van der Waals surface area contributed by atoms with Gasteiger partial charge in [0.2, 0.25) is 0 Å². The number of epoxide rings is 2. The van der Waals surface area contributed by atoms with E-state index in [1.807, 2.05) is 6.08 Å². The Hall–Kier alpha value is -6.38. The van der Waals surface area contributed by atoms with E-state index in [1.54, 1.807) is 66.7 Å². The third kappa shape index (κ3) is 36.5. The second-order valence-corrected chi connectivity index (χ2v) is 22.6. The van der Waals surface area contributed by atoms with Crippen LogP contribution in [0.2, 0.25) is 0 Å². The predicted octanol–water partition coefficient (Wildman–Crippen LogP) is 15.0. The second kappa shape index (κ2) is 46.7. The highest BCUT2D eigenvalue weighted by molar-refractivity contribution is 6.18. The number of hydrogen-bond acceptors (Lipinski definition) is 12. The molecule has 3 N–H and O–H groups in total. The molecule has 12 nitrogen and oxygen atoms in total. The second-order valence-electron chi connectivity index (χ2n) is 22.3. The van der Waals surface area contributed by atoms with Crippen LogP contribution in [0.4, 0.5) is 22.0 Å². The van der Waals surface area contributed by atoms with Gasteiger partial charge in [-0.2, -0.15) is 0 Å². The molecule has 0 unspecified atom stereocenters. The zero-order valence-corrected chi connectivity index (χ0v) is 53.5. The topological polar surface area (TPSA) is 150 Å². The van der Waals surface area contributed by atoms with Crippen molar-refractivity contribution in [3.8, 4) is 53.9 Å². The van der Waals surface area contributed by atoms with Crippen molar-refractivity contribution >= 4 is 11.6 Å². The van der Waals surface area contributed by atoms with Crippen LogP contribution >= 0.6 is 11.6 Å². The summed E-state index contributed by atoms with van der Waals surface area (Å²) in [7, 11) is 0. The Morgan fingerprint density at radius 2 is 0.822 bits per heavy atom. The fraction of sp³-hybridized carbons (Fsp3) is 0.500. The summed E-state index contributed by atoms with van der Waals surface area (Å²) in [6.45, 7) is 13.8. The van der Waals surface area contributed by atoms with E-state index < -0.39 is 0 Å². The lowest BCUT2D eigenvalue weighted by Gasteiger charge is -2.12. The van der Waals surface area contributed by atoms with Crippen LogP contribution in [0.25, 0.3) is 0 Å². The highest BCUT2D eigenvalue weighted by atomic mass is 35.5. The minimum atomic E-state index is -0.253. The van der Waals surface area contributed by atoms with Gasteiger partial charge in [0.1, 0.15) is 77.2 Å². The Morgan fingerprint density at radius 1 is 0.489 bits per heavy atom. The van der Waals surface area contributed by atoms with Gasteiger partial charge >= 0.3 is 0 Å². The Kier molecular flexibility index (Phi) is 40.4. The lowest BCUT2D eigenvalue weighted by Crippen LogP contribution is -2.17. The standard InChI is InChI=1S/C14H18ClFO2.C14H19FO3.C14H19FO2.2C12H15FO2.C4H6O.C2H2/c1-10(2-7-13-14(8-15)18-13)9-17-12-5-3-11(16)4-6-12;1-10(2-7-13-14(8-16)18-13)9-17-12-5-3-11(15)4-6-12;1-12(5-3-2-4-10-16)11-17-14-8-6-13(15)7-9-14;2*1-9-2-5-12(15-9)8-14-11-6-3-10(13)4-7-11;1-2-3-4-5;1-2/h3-6,10,13-14H,2,7-9H2,1H3;3-6,10,13-14,16H,2,7-9H2,1H3;2,4,6-9,12,16H,3,5,10-11H2,1H3;2*3-4,6-7,9,12H,2,5,8H2,1H3;1,5H,3-4H2;1-2H/b;;4-2+;;;;/t2*10-,13+,14+;12-;2*9-,12+;;/m11111../s1. The van der Waals surface area contributed by atoms with E-state index in [-0.39, 0.29) is 79.4 Å². The van der Waals surface area contributed by atoms with Crippen molar-refractivity contribution in [2.24, 2.45) is 17.8 Å². The maximum absolute atomic E-state index is 12.7. The van der Waals surface area contributed by atoms with Gasteiger partial charge in [-0.25, -0.2) is 22.0 Å². The minimum Gasteiger partial charge on any atom is -0.493 e. The van der Waals surface area contributed by atoms with Gasteiger partial charge in [-0.1, -0.05) is 32.9 Å². The molecular formula is C72H94ClF5O12. The molecule has 5 aromatic carbocycles. The maximum atomic E-state index is 12.7. The maximum Gasteiger partial charge on any atom is 0.123 e. The Morgan fingerprint density at radius 3 is 1.09 bits per heavy atom. The Labute approximate surface area is 536 Å². The fourth-order valence-corrected chi connectivity index (χ4v) is 8.98. The summed E-state index contributed by atoms with van der Waals surface area (Å²) in [6.07, 6.45) is 29.1. The zero-order valence-electron chi connectivity index (χ0n) is 52.7. The summed E-state index contributed by atoms with van der Waals surface area (Å²) >= 11 is 5.68. The van der Waals surface area contributed by atoms with Gasteiger partial charge in [-0.05, 0) is 217 Å². The summed E-state index contributed by atoms with van der Waals surface area (Å²) in [4.78, 5) is 0. The number of alkyl halides is 1. The molecule has 9 rings (SSSR count). The van der Waals surface area contributed by atoms with Crippen LogP contribution in [0.3, 0.4) is 0 Å². The first kappa shape index (κ1) is 77.9. The highest BCUT2D eigenvalue weighted by Crippen LogP contribution is 2.30. The van der Waals surface area contributed by atoms with E-state index in [4.69, 9.17) is 76.0 Å². The molecule has 0 aliphatic carbocycles. The van der Waals surface area contributed by atoms with Gasteiger partial charge in [0.15, 0.2) is 0 Å². The number of halogens is 6. The largest absolute Gasteiger partial charge is 0.493 e. The van der Waals surface area contributed by atoms with E-state index in [9.17, 15) is 22.0 Å². The molecule has 90 heavy (non-hydrogen) atoms. The van der Waals surface area contributed by atoms with Crippen molar-refractivity contribution in [1.82, 2.24) is 0 Å². The van der Waals surface area contributed by atoms with Gasteiger partial charge in [-0.15, -0.1) is 36.8 Å². The van der Waals surface area contributed by atoms with Gasteiger partial charge in [0.25, 0.3) is 0 Å². The average Bonchev–Trinajstić information content (AvgIpc) is 2.86. The first-order chi connectivity index (χ1) is 43.5. The first-order valence-corrected chi connectivity index (χ1v) is 31.4. The molecule has 11 atom stereocenters. The van der Waals surface area contributed by atoms with Gasteiger partial charge < -0.3 is 58.0 Å². The number of allylic oxidation sites excluding steroid dienone is 1. The number of ether oxygens (including phenoxy) is 9. The number of aliphatic hydroxyl groups is 3. The van der Waals surface area contributed by atoms with E-state index in [0.29, 0.717) is 110 Å².